The fourth-order valence-corrected chi connectivity index (χ4v) is 3.50. The zero-order chi connectivity index (χ0) is 21.9. The predicted octanol–water partition coefficient (Wildman–Crippen LogP) is 1.41. The van der Waals surface area contributed by atoms with Gasteiger partial charge in [-0.15, -0.1) is 0 Å². The number of carbonyl (C=O) groups is 2. The van der Waals surface area contributed by atoms with Crippen molar-refractivity contribution in [2.45, 2.75) is 46.5 Å². The van der Waals surface area contributed by atoms with Crippen LogP contribution in [0.4, 0.5) is 11.8 Å². The number of aryl methyl sites for hydroxylation is 1. The average molecular weight is 422 g/mol. The van der Waals surface area contributed by atoms with Crippen LogP contribution in [0.3, 0.4) is 0 Å². The molecule has 30 heavy (non-hydrogen) atoms. The number of likely N-dealkylation sites (N-methyl/N-ethyl adjacent to an activating group) is 1. The Kier molecular flexibility index (Phi) is 9.75. The molecule has 0 saturated carbocycles. The van der Waals surface area contributed by atoms with Crippen LogP contribution in [0.5, 0.6) is 0 Å². The Hall–Kier alpha value is -2.46. The van der Waals surface area contributed by atoms with E-state index in [9.17, 15) is 14.8 Å². The molecule has 3 N–H and O–H groups in total. The average Bonchev–Trinajstić information content (AvgIpc) is 2.76. The number of nitrogens with one attached hydrogen (secondary N) is 2. The SMILES string of the molecule is CCCCCC(CN(O)C=O)C(=O)NNc1nc(C)cc(N2CCN(CC)CC2)n1. The Morgan fingerprint density at radius 2 is 2.00 bits per heavy atom. The molecule has 1 aromatic rings. The second kappa shape index (κ2) is 12.3. The Morgan fingerprint density at radius 3 is 2.63 bits per heavy atom. The highest BCUT2D eigenvalue weighted by molar-refractivity contribution is 5.80. The van der Waals surface area contributed by atoms with Gasteiger partial charge in [-0.2, -0.15) is 4.98 Å². The summed E-state index contributed by atoms with van der Waals surface area (Å²) in [7, 11) is 0. The molecular weight excluding hydrogens is 386 g/mol. The van der Waals surface area contributed by atoms with E-state index < -0.39 is 5.92 Å². The summed E-state index contributed by atoms with van der Waals surface area (Å²) in [5, 5.41) is 10.0. The summed E-state index contributed by atoms with van der Waals surface area (Å²) in [5.41, 5.74) is 6.24. The number of hydrogen-bond donors (Lipinski definition) is 3. The molecule has 1 fully saturated rings. The van der Waals surface area contributed by atoms with E-state index in [4.69, 9.17) is 0 Å². The van der Waals surface area contributed by atoms with Gasteiger partial charge in [-0.25, -0.2) is 10.0 Å². The van der Waals surface area contributed by atoms with Crippen LogP contribution in [0.1, 0.15) is 45.2 Å². The number of unbranched alkanes of at least 4 members (excludes halogenated alkanes) is 2. The largest absolute Gasteiger partial charge is 0.354 e. The number of hydrogen-bond acceptors (Lipinski definition) is 8. The smallest absolute Gasteiger partial charge is 0.243 e. The van der Waals surface area contributed by atoms with Gasteiger partial charge in [0.2, 0.25) is 18.3 Å². The van der Waals surface area contributed by atoms with E-state index in [0.717, 1.165) is 63.5 Å². The van der Waals surface area contributed by atoms with E-state index in [1.54, 1.807) is 0 Å². The highest BCUT2D eigenvalue weighted by Crippen LogP contribution is 2.17. The summed E-state index contributed by atoms with van der Waals surface area (Å²) in [6.07, 6.45) is 3.74. The Labute approximate surface area is 178 Å². The van der Waals surface area contributed by atoms with Gasteiger partial charge in [0, 0.05) is 37.9 Å². The second-order valence-electron chi connectivity index (χ2n) is 7.65. The lowest BCUT2D eigenvalue weighted by Gasteiger charge is -2.34. The first-order valence-corrected chi connectivity index (χ1v) is 10.8. The van der Waals surface area contributed by atoms with Crippen LogP contribution in [-0.4, -0.2) is 76.7 Å². The number of anilines is 2. The molecule has 0 aromatic carbocycles. The summed E-state index contributed by atoms with van der Waals surface area (Å²) in [6.45, 7) is 10.9. The van der Waals surface area contributed by atoms with Gasteiger partial charge in [0.15, 0.2) is 0 Å². The van der Waals surface area contributed by atoms with Crippen molar-refractivity contribution >= 4 is 24.1 Å². The van der Waals surface area contributed by atoms with Crippen molar-refractivity contribution in [3.63, 3.8) is 0 Å². The van der Waals surface area contributed by atoms with Crippen LogP contribution in [-0.2, 0) is 9.59 Å². The molecule has 1 atom stereocenters. The van der Waals surface area contributed by atoms with Crippen LogP contribution in [0, 0.1) is 12.8 Å². The maximum absolute atomic E-state index is 12.6. The fourth-order valence-electron chi connectivity index (χ4n) is 3.50. The highest BCUT2D eigenvalue weighted by Gasteiger charge is 2.21. The molecule has 0 aliphatic carbocycles. The van der Waals surface area contributed by atoms with E-state index in [0.29, 0.717) is 23.8 Å². The number of carbonyl (C=O) groups excluding carboxylic acids is 2. The predicted molar refractivity (Wildman–Crippen MR) is 115 cm³/mol. The molecule has 1 aliphatic rings. The molecule has 2 rings (SSSR count). The lowest BCUT2D eigenvalue weighted by atomic mass is 10.0. The van der Waals surface area contributed by atoms with Crippen LogP contribution >= 0.6 is 0 Å². The molecule has 0 radical (unpaired) electrons. The quantitative estimate of drug-likeness (QED) is 0.201. The first-order valence-electron chi connectivity index (χ1n) is 10.8. The van der Waals surface area contributed by atoms with Crippen LogP contribution in [0.15, 0.2) is 6.07 Å². The van der Waals surface area contributed by atoms with E-state index >= 15 is 0 Å². The molecule has 10 heteroatoms. The van der Waals surface area contributed by atoms with Gasteiger partial charge in [-0.05, 0) is 19.9 Å². The van der Waals surface area contributed by atoms with Gasteiger partial charge in [0.05, 0.1) is 12.5 Å². The fraction of sp³-hybridized carbons (Fsp3) is 0.700. The lowest BCUT2D eigenvalue weighted by molar-refractivity contribution is -0.154. The third-order valence-electron chi connectivity index (χ3n) is 5.34. The maximum Gasteiger partial charge on any atom is 0.243 e. The van der Waals surface area contributed by atoms with E-state index in [1.807, 2.05) is 13.0 Å². The van der Waals surface area contributed by atoms with Crippen molar-refractivity contribution in [3.05, 3.63) is 11.8 Å². The zero-order valence-corrected chi connectivity index (χ0v) is 18.3. The van der Waals surface area contributed by atoms with Gasteiger partial charge in [0.25, 0.3) is 0 Å². The molecule has 1 aromatic heterocycles. The minimum Gasteiger partial charge on any atom is -0.354 e. The maximum atomic E-state index is 12.6. The summed E-state index contributed by atoms with van der Waals surface area (Å²) in [6, 6.07) is 1.94. The van der Waals surface area contributed by atoms with Crippen LogP contribution < -0.4 is 15.8 Å². The van der Waals surface area contributed by atoms with Gasteiger partial charge < -0.3 is 9.80 Å². The Morgan fingerprint density at radius 1 is 1.27 bits per heavy atom. The number of amides is 2. The number of aromatic nitrogens is 2. The van der Waals surface area contributed by atoms with E-state index in [-0.39, 0.29) is 12.5 Å². The van der Waals surface area contributed by atoms with E-state index in [1.165, 1.54) is 0 Å². The lowest BCUT2D eigenvalue weighted by Crippen LogP contribution is -2.46. The Bertz CT molecular complexity index is 680. The number of rotatable bonds is 12. The topological polar surface area (TPSA) is 114 Å². The number of piperazine rings is 1. The number of nitrogens with zero attached hydrogens (tertiary/aromatic N) is 5. The molecule has 168 valence electrons. The summed E-state index contributed by atoms with van der Waals surface area (Å²) in [5.74, 6) is 0.317. The van der Waals surface area contributed by atoms with Crippen molar-refractivity contribution in [2.24, 2.45) is 5.92 Å². The molecule has 10 nitrogen and oxygen atoms in total. The first-order chi connectivity index (χ1) is 14.5. The highest BCUT2D eigenvalue weighted by atomic mass is 16.5. The molecule has 1 saturated heterocycles. The molecule has 2 heterocycles. The molecular formula is C20H35N7O3. The van der Waals surface area contributed by atoms with Gasteiger partial charge in [-0.3, -0.25) is 25.6 Å². The van der Waals surface area contributed by atoms with Crippen LogP contribution in [0.25, 0.3) is 0 Å². The summed E-state index contributed by atoms with van der Waals surface area (Å²) in [4.78, 5) is 36.9. The minimum atomic E-state index is -0.523. The molecule has 2 amide bonds. The zero-order valence-electron chi connectivity index (χ0n) is 18.3. The summed E-state index contributed by atoms with van der Waals surface area (Å²) >= 11 is 0. The van der Waals surface area contributed by atoms with Gasteiger partial charge >= 0.3 is 0 Å². The minimum absolute atomic E-state index is 0.0532. The van der Waals surface area contributed by atoms with Crippen molar-refractivity contribution in [3.8, 4) is 0 Å². The van der Waals surface area contributed by atoms with Crippen LogP contribution in [0.2, 0.25) is 0 Å². The van der Waals surface area contributed by atoms with Crippen molar-refractivity contribution in [1.29, 1.82) is 0 Å². The van der Waals surface area contributed by atoms with Crippen molar-refractivity contribution < 1.29 is 14.8 Å². The molecule has 1 unspecified atom stereocenters. The van der Waals surface area contributed by atoms with Gasteiger partial charge in [0.1, 0.15) is 5.82 Å². The third-order valence-corrected chi connectivity index (χ3v) is 5.34. The second-order valence-corrected chi connectivity index (χ2v) is 7.65. The number of hydroxylamine groups is 2. The van der Waals surface area contributed by atoms with Gasteiger partial charge in [-0.1, -0.05) is 33.1 Å². The molecule has 0 spiro atoms. The van der Waals surface area contributed by atoms with Crippen molar-refractivity contribution in [1.82, 2.24) is 25.4 Å². The number of hydrazine groups is 1. The normalized spacial score (nSPS) is 15.5. The first kappa shape index (κ1) is 23.8. The third kappa shape index (κ3) is 7.42. The Balaban J connectivity index is 1.98. The summed E-state index contributed by atoms with van der Waals surface area (Å²) < 4.78 is 0. The standard InChI is InChI=1S/C20H35N7O3/c1-4-6-7-8-17(14-27(30)15-28)19(29)23-24-20-21-16(3)13-18(22-20)26-11-9-25(5-2)10-12-26/h13,15,17,30H,4-12,14H2,1-3H3,(H,23,29)(H,21,22,24). The molecule has 0 bridgehead atoms. The monoisotopic (exact) mass is 421 g/mol. The van der Waals surface area contributed by atoms with Crippen molar-refractivity contribution in [2.75, 3.05) is 49.6 Å². The molecule has 1 aliphatic heterocycles. The van der Waals surface area contributed by atoms with E-state index in [2.05, 4.69) is 44.5 Å².